The van der Waals surface area contributed by atoms with Gasteiger partial charge in [-0.15, -0.1) is 11.3 Å². The van der Waals surface area contributed by atoms with Crippen LogP contribution in [0.15, 0.2) is 11.6 Å². The van der Waals surface area contributed by atoms with E-state index in [2.05, 4.69) is 28.5 Å². The van der Waals surface area contributed by atoms with Crippen LogP contribution in [-0.4, -0.2) is 62.7 Å². The molecule has 4 heterocycles. The summed E-state index contributed by atoms with van der Waals surface area (Å²) in [6.07, 6.45) is 9.31. The molecule has 4 rings (SSSR count). The van der Waals surface area contributed by atoms with Crippen LogP contribution >= 0.6 is 11.3 Å². The molecule has 2 aliphatic rings. The molecule has 2 amide bonds. The number of aromatic nitrogens is 2. The SMILES string of the molecule is CC(C)N(Cc1c(C(=O)N2CCCCCCC2)nc2sccn12)CC1CCC(=O)N1. The van der Waals surface area contributed by atoms with Crippen molar-refractivity contribution in [2.24, 2.45) is 0 Å². The first kappa shape index (κ1) is 21.3. The highest BCUT2D eigenvalue weighted by Gasteiger charge is 2.29. The van der Waals surface area contributed by atoms with Gasteiger partial charge in [0.05, 0.1) is 5.69 Å². The van der Waals surface area contributed by atoms with Gasteiger partial charge in [0.15, 0.2) is 10.7 Å². The molecule has 8 heteroatoms. The molecule has 1 unspecified atom stereocenters. The third-order valence-corrected chi connectivity index (χ3v) is 7.09. The van der Waals surface area contributed by atoms with Crippen LogP contribution in [0.2, 0.25) is 0 Å². The van der Waals surface area contributed by atoms with Crippen LogP contribution in [0.5, 0.6) is 0 Å². The minimum atomic E-state index is 0.0701. The van der Waals surface area contributed by atoms with Crippen molar-refractivity contribution in [3.63, 3.8) is 0 Å². The summed E-state index contributed by atoms with van der Waals surface area (Å²) < 4.78 is 2.07. The Morgan fingerprint density at radius 3 is 2.67 bits per heavy atom. The molecule has 0 bridgehead atoms. The van der Waals surface area contributed by atoms with Crippen LogP contribution in [0.4, 0.5) is 0 Å². The monoisotopic (exact) mass is 431 g/mol. The zero-order chi connectivity index (χ0) is 21.1. The number of nitrogens with one attached hydrogen (secondary N) is 1. The molecule has 0 saturated carbocycles. The standard InChI is InChI=1S/C22H33N5O2S/c1-16(2)26(14-17-8-9-19(28)23-17)15-18-20(24-22-27(18)12-13-30-22)21(29)25-10-6-4-3-5-7-11-25/h12-13,16-17H,3-11,14-15H2,1-2H3,(H,23,28). The van der Waals surface area contributed by atoms with E-state index in [1.807, 2.05) is 16.5 Å². The fourth-order valence-corrected chi connectivity index (χ4v) is 5.24. The summed E-state index contributed by atoms with van der Waals surface area (Å²) in [6, 6.07) is 0.482. The lowest BCUT2D eigenvalue weighted by atomic mass is 10.1. The molecule has 164 valence electrons. The molecule has 2 fully saturated rings. The van der Waals surface area contributed by atoms with Crippen LogP contribution in [0, 0.1) is 0 Å². The summed E-state index contributed by atoms with van der Waals surface area (Å²) >= 11 is 1.57. The summed E-state index contributed by atoms with van der Waals surface area (Å²) in [5, 5.41) is 5.10. The molecule has 1 N–H and O–H groups in total. The van der Waals surface area contributed by atoms with E-state index in [9.17, 15) is 9.59 Å². The molecule has 30 heavy (non-hydrogen) atoms. The fourth-order valence-electron chi connectivity index (χ4n) is 4.50. The number of imidazole rings is 1. The maximum absolute atomic E-state index is 13.5. The third kappa shape index (κ3) is 4.70. The average Bonchev–Trinajstić information content (AvgIpc) is 3.38. The molecule has 1 atom stereocenters. The first-order valence-corrected chi connectivity index (χ1v) is 12.2. The van der Waals surface area contributed by atoms with E-state index in [0.717, 1.165) is 49.6 Å². The highest BCUT2D eigenvalue weighted by molar-refractivity contribution is 7.15. The maximum Gasteiger partial charge on any atom is 0.274 e. The molecule has 2 saturated heterocycles. The van der Waals surface area contributed by atoms with Gasteiger partial charge < -0.3 is 10.2 Å². The first-order valence-electron chi connectivity index (χ1n) is 11.3. The van der Waals surface area contributed by atoms with E-state index in [-0.39, 0.29) is 17.9 Å². The van der Waals surface area contributed by atoms with E-state index < -0.39 is 0 Å². The molecule has 2 aromatic heterocycles. The second kappa shape index (κ2) is 9.47. The van der Waals surface area contributed by atoms with E-state index in [4.69, 9.17) is 4.98 Å². The van der Waals surface area contributed by atoms with E-state index in [1.54, 1.807) is 11.3 Å². The zero-order valence-corrected chi connectivity index (χ0v) is 18.9. The summed E-state index contributed by atoms with van der Waals surface area (Å²) in [5.41, 5.74) is 1.57. The smallest absolute Gasteiger partial charge is 0.274 e. The van der Waals surface area contributed by atoms with Gasteiger partial charge in [0.2, 0.25) is 5.91 Å². The Labute approximate surface area is 182 Å². The highest BCUT2D eigenvalue weighted by Crippen LogP contribution is 2.23. The molecule has 0 aromatic carbocycles. The van der Waals surface area contributed by atoms with Crippen molar-refractivity contribution in [3.8, 4) is 0 Å². The van der Waals surface area contributed by atoms with Crippen LogP contribution in [0.25, 0.3) is 4.96 Å². The van der Waals surface area contributed by atoms with Gasteiger partial charge in [0.1, 0.15) is 0 Å². The van der Waals surface area contributed by atoms with Gasteiger partial charge in [-0.05, 0) is 33.1 Å². The lowest BCUT2D eigenvalue weighted by Crippen LogP contribution is -2.42. The Hall–Kier alpha value is -1.93. The molecule has 0 radical (unpaired) electrons. The van der Waals surface area contributed by atoms with Crippen molar-refractivity contribution in [2.75, 3.05) is 19.6 Å². The summed E-state index contributed by atoms with van der Waals surface area (Å²) in [6.45, 7) is 7.43. The topological polar surface area (TPSA) is 70.0 Å². The van der Waals surface area contributed by atoms with Crippen molar-refractivity contribution < 1.29 is 9.59 Å². The highest BCUT2D eigenvalue weighted by atomic mass is 32.1. The van der Waals surface area contributed by atoms with Gasteiger partial charge in [-0.3, -0.25) is 18.9 Å². The minimum absolute atomic E-state index is 0.0701. The fraction of sp³-hybridized carbons (Fsp3) is 0.682. The van der Waals surface area contributed by atoms with Crippen molar-refractivity contribution in [1.82, 2.24) is 24.5 Å². The third-order valence-electron chi connectivity index (χ3n) is 6.33. The van der Waals surface area contributed by atoms with Crippen LogP contribution < -0.4 is 5.32 Å². The molecule has 7 nitrogen and oxygen atoms in total. The number of hydrogen-bond donors (Lipinski definition) is 1. The number of likely N-dealkylation sites (tertiary alicyclic amines) is 1. The number of fused-ring (bicyclic) bond motifs is 1. The predicted octanol–water partition coefficient (Wildman–Crippen LogP) is 3.29. The van der Waals surface area contributed by atoms with Crippen molar-refractivity contribution >= 4 is 28.1 Å². The Kier molecular flexibility index (Phi) is 6.73. The van der Waals surface area contributed by atoms with Crippen LogP contribution in [0.3, 0.4) is 0 Å². The van der Waals surface area contributed by atoms with Crippen molar-refractivity contribution in [1.29, 1.82) is 0 Å². The van der Waals surface area contributed by atoms with Crippen molar-refractivity contribution in [2.45, 2.75) is 77.4 Å². The molecule has 0 spiro atoms. The van der Waals surface area contributed by atoms with Gasteiger partial charge in [0.25, 0.3) is 5.91 Å². The zero-order valence-electron chi connectivity index (χ0n) is 18.1. The van der Waals surface area contributed by atoms with Gasteiger partial charge in [0, 0.05) is 56.3 Å². The number of hydrogen-bond acceptors (Lipinski definition) is 5. The second-order valence-corrected chi connectivity index (χ2v) is 9.72. The van der Waals surface area contributed by atoms with E-state index in [1.165, 1.54) is 19.3 Å². The van der Waals surface area contributed by atoms with E-state index >= 15 is 0 Å². The predicted molar refractivity (Wildman–Crippen MR) is 119 cm³/mol. The maximum atomic E-state index is 13.5. The van der Waals surface area contributed by atoms with Crippen LogP contribution in [0.1, 0.15) is 75.0 Å². The molecular formula is C22H33N5O2S. The number of rotatable bonds is 6. The van der Waals surface area contributed by atoms with Crippen molar-refractivity contribution in [3.05, 3.63) is 23.0 Å². The normalized spacial score (nSPS) is 20.7. The Morgan fingerprint density at radius 1 is 1.27 bits per heavy atom. The Bertz CT molecular complexity index is 881. The van der Waals surface area contributed by atoms with Crippen LogP contribution in [-0.2, 0) is 11.3 Å². The molecule has 2 aromatic rings. The second-order valence-electron chi connectivity index (χ2n) is 8.85. The van der Waals surface area contributed by atoms with Gasteiger partial charge in [-0.2, -0.15) is 0 Å². The number of carbonyl (C=O) groups is 2. The number of carbonyl (C=O) groups excluding carboxylic acids is 2. The summed E-state index contributed by atoms with van der Waals surface area (Å²) in [5.74, 6) is 0.210. The van der Waals surface area contributed by atoms with E-state index in [0.29, 0.717) is 24.7 Å². The lowest BCUT2D eigenvalue weighted by Gasteiger charge is -2.29. The number of nitrogens with zero attached hydrogens (tertiary/aromatic N) is 4. The average molecular weight is 432 g/mol. The van der Waals surface area contributed by atoms with Gasteiger partial charge in [-0.1, -0.05) is 19.3 Å². The number of amides is 2. The lowest BCUT2D eigenvalue weighted by molar-refractivity contribution is -0.119. The largest absolute Gasteiger partial charge is 0.352 e. The molecule has 2 aliphatic heterocycles. The molecule has 0 aliphatic carbocycles. The quantitative estimate of drug-likeness (QED) is 0.762. The first-order chi connectivity index (χ1) is 14.5. The summed E-state index contributed by atoms with van der Waals surface area (Å²) in [7, 11) is 0. The number of thiazole rings is 1. The Morgan fingerprint density at radius 2 is 2.00 bits per heavy atom. The Balaban J connectivity index is 1.58. The summed E-state index contributed by atoms with van der Waals surface area (Å²) in [4.78, 5) is 35.1. The van der Waals surface area contributed by atoms with Gasteiger partial charge >= 0.3 is 0 Å². The van der Waals surface area contributed by atoms with Gasteiger partial charge in [-0.25, -0.2) is 4.98 Å². The minimum Gasteiger partial charge on any atom is -0.352 e. The molecular weight excluding hydrogens is 398 g/mol.